The summed E-state index contributed by atoms with van der Waals surface area (Å²) < 4.78 is 6.01. The Labute approximate surface area is 177 Å². The predicted molar refractivity (Wildman–Crippen MR) is 113 cm³/mol. The minimum Gasteiger partial charge on any atom is -0.359 e. The fraction of sp³-hybridized carbons (Fsp3) is 0.522. The lowest BCUT2D eigenvalue weighted by molar-refractivity contribution is -0.0279. The van der Waals surface area contributed by atoms with Crippen LogP contribution in [0.4, 0.5) is 0 Å². The van der Waals surface area contributed by atoms with Gasteiger partial charge < -0.3 is 15.0 Å². The lowest BCUT2D eigenvalue weighted by Gasteiger charge is -2.37. The number of allylic oxidation sites excluding steroid dienone is 4. The quantitative estimate of drug-likeness (QED) is 0.711. The zero-order chi connectivity index (χ0) is 21.4. The van der Waals surface area contributed by atoms with Crippen molar-refractivity contribution < 1.29 is 9.53 Å². The van der Waals surface area contributed by atoms with Crippen molar-refractivity contribution >= 4 is 5.91 Å². The van der Waals surface area contributed by atoms with E-state index in [1.807, 2.05) is 12.1 Å². The van der Waals surface area contributed by atoms with Crippen LogP contribution in [0.5, 0.6) is 0 Å². The summed E-state index contributed by atoms with van der Waals surface area (Å²) >= 11 is 0. The smallest absolute Gasteiger partial charge is 0.291 e. The molecule has 7 nitrogen and oxygen atoms in total. The number of aromatic nitrogens is 2. The van der Waals surface area contributed by atoms with Gasteiger partial charge in [-0.15, -0.1) is 0 Å². The number of hydrogen-bond acceptors (Lipinski definition) is 5. The van der Waals surface area contributed by atoms with E-state index in [0.717, 1.165) is 43.5 Å². The second-order valence-electron chi connectivity index (χ2n) is 9.24. The first kappa shape index (κ1) is 20.6. The summed E-state index contributed by atoms with van der Waals surface area (Å²) in [6.45, 7) is 8.24. The van der Waals surface area contributed by atoms with Crippen molar-refractivity contribution in [3.05, 3.63) is 52.8 Å². The molecule has 2 aliphatic carbocycles. The summed E-state index contributed by atoms with van der Waals surface area (Å²) in [7, 11) is 0. The van der Waals surface area contributed by atoms with Crippen LogP contribution in [0.1, 0.15) is 62.8 Å². The van der Waals surface area contributed by atoms with Crippen molar-refractivity contribution in [2.45, 2.75) is 52.2 Å². The summed E-state index contributed by atoms with van der Waals surface area (Å²) in [5.41, 5.74) is 3.38. The molecule has 7 heteroatoms. The van der Waals surface area contributed by atoms with Crippen molar-refractivity contribution in [3.8, 4) is 6.07 Å². The lowest BCUT2D eigenvalue weighted by Crippen LogP contribution is -2.45. The van der Waals surface area contributed by atoms with E-state index in [0.29, 0.717) is 12.0 Å². The van der Waals surface area contributed by atoms with Gasteiger partial charge in [0.15, 0.2) is 11.5 Å². The van der Waals surface area contributed by atoms with E-state index in [1.165, 1.54) is 11.8 Å². The van der Waals surface area contributed by atoms with Crippen molar-refractivity contribution in [2.24, 2.45) is 11.3 Å². The first-order valence-electron chi connectivity index (χ1n) is 10.6. The van der Waals surface area contributed by atoms with Crippen LogP contribution in [0, 0.1) is 22.7 Å². The topological polar surface area (TPSA) is 103 Å². The molecule has 3 aliphatic rings. The summed E-state index contributed by atoms with van der Waals surface area (Å²) in [6.07, 6.45) is 11.8. The molecule has 30 heavy (non-hydrogen) atoms. The molecule has 0 bridgehead atoms. The van der Waals surface area contributed by atoms with Gasteiger partial charge in [0.05, 0.1) is 6.61 Å². The van der Waals surface area contributed by atoms with Gasteiger partial charge in [-0.05, 0) is 55.2 Å². The van der Waals surface area contributed by atoms with Gasteiger partial charge in [0.2, 0.25) is 0 Å². The van der Waals surface area contributed by atoms with E-state index in [-0.39, 0.29) is 23.3 Å². The van der Waals surface area contributed by atoms with E-state index in [4.69, 9.17) is 10.00 Å². The van der Waals surface area contributed by atoms with Crippen LogP contribution in [0.25, 0.3) is 0 Å². The molecule has 1 saturated heterocycles. The van der Waals surface area contributed by atoms with Crippen LogP contribution in [-0.2, 0) is 4.74 Å². The molecule has 0 spiro atoms. The van der Waals surface area contributed by atoms with E-state index in [1.54, 1.807) is 0 Å². The van der Waals surface area contributed by atoms with Crippen LogP contribution in [-0.4, -0.2) is 34.8 Å². The Bertz CT molecular complexity index is 970. The van der Waals surface area contributed by atoms with Crippen molar-refractivity contribution in [3.63, 3.8) is 0 Å². The average Bonchev–Trinajstić information content (AvgIpc) is 3.38. The SMILES string of the molecule is CC1(C)CC=C(C2=C(NC(=O)c3nc(C#N)c[nH]3)C=CC(C3(C)NCCO3)C2)CC1. The molecule has 1 aromatic heterocycles. The lowest BCUT2D eigenvalue weighted by atomic mass is 9.74. The van der Waals surface area contributed by atoms with Crippen LogP contribution in [0.15, 0.2) is 41.3 Å². The van der Waals surface area contributed by atoms with E-state index in [2.05, 4.69) is 53.5 Å². The number of ether oxygens (including phenoxy) is 1. The molecule has 1 aliphatic heterocycles. The Morgan fingerprint density at radius 1 is 1.40 bits per heavy atom. The Morgan fingerprint density at radius 3 is 2.87 bits per heavy atom. The molecule has 1 fully saturated rings. The number of hydrogen-bond donors (Lipinski definition) is 3. The minimum absolute atomic E-state index is 0.139. The fourth-order valence-corrected chi connectivity index (χ4v) is 4.39. The molecule has 1 amide bonds. The highest BCUT2D eigenvalue weighted by atomic mass is 16.5. The van der Waals surface area contributed by atoms with Crippen LogP contribution < -0.4 is 10.6 Å². The number of aromatic amines is 1. The molecule has 2 heterocycles. The summed E-state index contributed by atoms with van der Waals surface area (Å²) in [5.74, 6) is -0.0222. The maximum Gasteiger partial charge on any atom is 0.291 e. The third-order valence-electron chi connectivity index (χ3n) is 6.45. The third kappa shape index (κ3) is 4.11. The van der Waals surface area contributed by atoms with Gasteiger partial charge in [0.1, 0.15) is 11.8 Å². The second kappa shape index (κ2) is 7.86. The Balaban J connectivity index is 1.62. The highest BCUT2D eigenvalue weighted by Gasteiger charge is 2.39. The van der Waals surface area contributed by atoms with Gasteiger partial charge in [-0.25, -0.2) is 4.98 Å². The maximum atomic E-state index is 12.7. The molecular formula is C23H29N5O2. The Morgan fingerprint density at radius 2 is 2.23 bits per heavy atom. The molecule has 4 rings (SSSR count). The zero-order valence-electron chi connectivity index (χ0n) is 17.8. The van der Waals surface area contributed by atoms with Crippen LogP contribution in [0.2, 0.25) is 0 Å². The number of carbonyl (C=O) groups is 1. The first-order chi connectivity index (χ1) is 14.3. The molecule has 158 valence electrons. The second-order valence-corrected chi connectivity index (χ2v) is 9.24. The first-order valence-corrected chi connectivity index (χ1v) is 10.6. The Kier molecular flexibility index (Phi) is 5.39. The van der Waals surface area contributed by atoms with E-state index in [9.17, 15) is 4.79 Å². The molecular weight excluding hydrogens is 378 g/mol. The molecule has 0 saturated carbocycles. The minimum atomic E-state index is -0.394. The van der Waals surface area contributed by atoms with Crippen LogP contribution >= 0.6 is 0 Å². The number of rotatable bonds is 4. The normalized spacial score (nSPS) is 28.2. The number of amides is 1. The van der Waals surface area contributed by atoms with Gasteiger partial charge in [-0.1, -0.05) is 26.0 Å². The molecule has 0 radical (unpaired) electrons. The molecule has 0 aromatic carbocycles. The summed E-state index contributed by atoms with van der Waals surface area (Å²) in [5, 5.41) is 15.5. The highest BCUT2D eigenvalue weighted by Crippen LogP contribution is 2.42. The highest BCUT2D eigenvalue weighted by molar-refractivity contribution is 5.92. The number of nitrogens with zero attached hydrogens (tertiary/aromatic N) is 2. The van der Waals surface area contributed by atoms with Crippen molar-refractivity contribution in [1.29, 1.82) is 5.26 Å². The molecule has 2 atom stereocenters. The summed E-state index contributed by atoms with van der Waals surface area (Å²) in [6, 6.07) is 1.94. The monoisotopic (exact) mass is 407 g/mol. The standard InChI is InChI=1S/C23H29N5O2/c1-22(2)8-6-15(7-9-22)18-12-16(23(3)26-10-11-30-23)4-5-19(18)28-21(29)20-25-14-17(13-24)27-20/h4-6,14,16,26H,7-12H2,1-3H3,(H,25,27)(H,28,29). The fourth-order valence-electron chi connectivity index (χ4n) is 4.39. The van der Waals surface area contributed by atoms with Gasteiger partial charge in [-0.3, -0.25) is 10.1 Å². The number of nitriles is 1. The zero-order valence-corrected chi connectivity index (χ0v) is 17.8. The number of imidazole rings is 1. The predicted octanol–water partition coefficient (Wildman–Crippen LogP) is 3.31. The largest absolute Gasteiger partial charge is 0.359 e. The number of nitrogens with one attached hydrogen (secondary N) is 3. The Hall–Kier alpha value is -2.69. The molecule has 1 aromatic rings. The van der Waals surface area contributed by atoms with Crippen LogP contribution in [0.3, 0.4) is 0 Å². The van der Waals surface area contributed by atoms with Gasteiger partial charge in [0, 0.05) is 24.4 Å². The average molecular weight is 408 g/mol. The van der Waals surface area contributed by atoms with Gasteiger partial charge >= 0.3 is 0 Å². The van der Waals surface area contributed by atoms with E-state index < -0.39 is 5.72 Å². The van der Waals surface area contributed by atoms with Gasteiger partial charge in [0.25, 0.3) is 5.91 Å². The van der Waals surface area contributed by atoms with Gasteiger partial charge in [-0.2, -0.15) is 5.26 Å². The third-order valence-corrected chi connectivity index (χ3v) is 6.45. The number of H-pyrrole nitrogens is 1. The van der Waals surface area contributed by atoms with Crippen molar-refractivity contribution in [1.82, 2.24) is 20.6 Å². The van der Waals surface area contributed by atoms with Crippen molar-refractivity contribution in [2.75, 3.05) is 13.2 Å². The number of carbonyl (C=O) groups excluding carboxylic acids is 1. The summed E-state index contributed by atoms with van der Waals surface area (Å²) in [4.78, 5) is 19.5. The van der Waals surface area contributed by atoms with E-state index >= 15 is 0 Å². The molecule has 2 unspecified atom stereocenters. The maximum absolute atomic E-state index is 12.7. The molecule has 3 N–H and O–H groups in total.